The summed E-state index contributed by atoms with van der Waals surface area (Å²) in [6, 6.07) is 2.38. The summed E-state index contributed by atoms with van der Waals surface area (Å²) in [7, 11) is -3.85. The molecule has 0 bridgehead atoms. The van der Waals surface area contributed by atoms with E-state index in [1.165, 1.54) is 16.4 Å². The SMILES string of the molecule is CCN(CC)S(=O)(=O)c1ccc(N[C@H](C(=O)O)C(C)C)c([N+](=O)[O-])c1. The lowest BCUT2D eigenvalue weighted by Gasteiger charge is -2.21. The van der Waals surface area contributed by atoms with E-state index in [2.05, 4.69) is 5.32 Å². The Balaban J connectivity index is 3.38. The molecule has 0 unspecified atom stereocenters. The van der Waals surface area contributed by atoms with Gasteiger partial charge in [0.15, 0.2) is 0 Å². The van der Waals surface area contributed by atoms with Crippen LogP contribution in [0.3, 0.4) is 0 Å². The maximum absolute atomic E-state index is 12.5. The van der Waals surface area contributed by atoms with Gasteiger partial charge in [0, 0.05) is 19.2 Å². The Bertz CT molecular complexity index is 744. The highest BCUT2D eigenvalue weighted by Gasteiger charge is 2.28. The fraction of sp³-hybridized carbons (Fsp3) is 0.533. The highest BCUT2D eigenvalue weighted by atomic mass is 32.2. The minimum atomic E-state index is -3.85. The maximum Gasteiger partial charge on any atom is 0.326 e. The van der Waals surface area contributed by atoms with Crippen LogP contribution in [0.4, 0.5) is 11.4 Å². The molecule has 25 heavy (non-hydrogen) atoms. The molecule has 0 radical (unpaired) electrons. The Morgan fingerprint density at radius 1 is 1.32 bits per heavy atom. The van der Waals surface area contributed by atoms with Crippen molar-refractivity contribution in [1.82, 2.24) is 4.31 Å². The molecule has 0 spiro atoms. The van der Waals surface area contributed by atoms with Gasteiger partial charge in [-0.05, 0) is 18.1 Å². The van der Waals surface area contributed by atoms with E-state index in [-0.39, 0.29) is 29.6 Å². The molecule has 9 nitrogen and oxygen atoms in total. The third-order valence-electron chi connectivity index (χ3n) is 3.75. The molecule has 1 aromatic rings. The summed E-state index contributed by atoms with van der Waals surface area (Å²) in [5, 5.41) is 23.2. The van der Waals surface area contributed by atoms with Crippen molar-refractivity contribution in [2.24, 2.45) is 5.92 Å². The largest absolute Gasteiger partial charge is 0.480 e. The summed E-state index contributed by atoms with van der Waals surface area (Å²) in [4.78, 5) is 21.7. The normalized spacial score (nSPS) is 13.0. The van der Waals surface area contributed by atoms with Gasteiger partial charge in [0.2, 0.25) is 10.0 Å². The number of hydrogen-bond acceptors (Lipinski definition) is 6. The van der Waals surface area contributed by atoms with Gasteiger partial charge >= 0.3 is 5.97 Å². The van der Waals surface area contributed by atoms with E-state index in [0.717, 1.165) is 6.07 Å². The van der Waals surface area contributed by atoms with Gasteiger partial charge in [-0.1, -0.05) is 27.7 Å². The zero-order chi connectivity index (χ0) is 19.4. The number of carboxylic acids is 1. The number of nitro groups is 1. The molecule has 1 atom stereocenters. The standard InChI is InChI=1S/C15H23N3O6S/c1-5-17(6-2)25(23,24)11-7-8-12(13(9-11)18(21)22)16-14(10(3)4)15(19)20/h7-10,14,16H,5-6H2,1-4H3,(H,19,20)/t14-/m0/s1. The number of benzene rings is 1. The van der Waals surface area contributed by atoms with Crippen LogP contribution in [0.15, 0.2) is 23.1 Å². The van der Waals surface area contributed by atoms with Gasteiger partial charge in [0.05, 0.1) is 9.82 Å². The first-order chi connectivity index (χ1) is 11.6. The molecule has 0 aliphatic carbocycles. The number of nitro benzene ring substituents is 1. The summed E-state index contributed by atoms with van der Waals surface area (Å²) in [5.41, 5.74) is -0.523. The van der Waals surface area contributed by atoms with Gasteiger partial charge in [0.25, 0.3) is 5.69 Å². The number of hydrogen-bond donors (Lipinski definition) is 2. The molecule has 0 saturated heterocycles. The van der Waals surface area contributed by atoms with E-state index >= 15 is 0 Å². The van der Waals surface area contributed by atoms with Crippen LogP contribution in [-0.4, -0.2) is 47.9 Å². The topological polar surface area (TPSA) is 130 Å². The van der Waals surface area contributed by atoms with Crippen molar-refractivity contribution < 1.29 is 23.2 Å². The number of aliphatic carboxylic acids is 1. The molecule has 0 amide bonds. The van der Waals surface area contributed by atoms with E-state index in [9.17, 15) is 28.4 Å². The molecule has 0 aliphatic rings. The lowest BCUT2D eigenvalue weighted by atomic mass is 10.0. The minimum Gasteiger partial charge on any atom is -0.480 e. The van der Waals surface area contributed by atoms with Crippen LogP contribution >= 0.6 is 0 Å². The third kappa shape index (κ3) is 4.67. The lowest BCUT2D eigenvalue weighted by molar-refractivity contribution is -0.384. The molecular weight excluding hydrogens is 350 g/mol. The first-order valence-electron chi connectivity index (χ1n) is 7.84. The first-order valence-corrected chi connectivity index (χ1v) is 9.28. The molecular formula is C15H23N3O6S. The monoisotopic (exact) mass is 373 g/mol. The van der Waals surface area contributed by atoms with Crippen molar-refractivity contribution in [2.75, 3.05) is 18.4 Å². The lowest BCUT2D eigenvalue weighted by Crippen LogP contribution is -2.34. The number of nitrogens with one attached hydrogen (secondary N) is 1. The van der Waals surface area contributed by atoms with E-state index < -0.39 is 32.6 Å². The number of rotatable bonds is 9. The van der Waals surface area contributed by atoms with Gasteiger partial charge < -0.3 is 10.4 Å². The fourth-order valence-electron chi connectivity index (χ4n) is 2.34. The predicted molar refractivity (Wildman–Crippen MR) is 93.1 cm³/mol. The Labute approximate surface area is 146 Å². The number of carbonyl (C=O) groups is 1. The second-order valence-electron chi connectivity index (χ2n) is 5.73. The number of sulfonamides is 1. The molecule has 10 heteroatoms. The molecule has 2 N–H and O–H groups in total. The molecule has 0 heterocycles. The first kappa shape index (κ1) is 20.8. The molecule has 0 aliphatic heterocycles. The summed E-state index contributed by atoms with van der Waals surface area (Å²) in [6.07, 6.45) is 0. The van der Waals surface area contributed by atoms with Crippen LogP contribution < -0.4 is 5.32 Å². The van der Waals surface area contributed by atoms with Crippen LogP contribution in [-0.2, 0) is 14.8 Å². The van der Waals surface area contributed by atoms with E-state index in [1.54, 1.807) is 27.7 Å². The number of carboxylic acid groups (broad SMARTS) is 1. The Hall–Kier alpha value is -2.20. The number of anilines is 1. The summed E-state index contributed by atoms with van der Waals surface area (Å²) < 4.78 is 26.2. The minimum absolute atomic E-state index is 0.0374. The van der Waals surface area contributed by atoms with Crippen molar-refractivity contribution in [3.63, 3.8) is 0 Å². The Morgan fingerprint density at radius 3 is 2.28 bits per heavy atom. The highest BCUT2D eigenvalue weighted by molar-refractivity contribution is 7.89. The van der Waals surface area contributed by atoms with Crippen LogP contribution in [0.2, 0.25) is 0 Å². The average Bonchev–Trinajstić information content (AvgIpc) is 2.52. The van der Waals surface area contributed by atoms with Crippen molar-refractivity contribution in [3.8, 4) is 0 Å². The van der Waals surface area contributed by atoms with Gasteiger partial charge in [-0.25, -0.2) is 13.2 Å². The van der Waals surface area contributed by atoms with E-state index in [0.29, 0.717) is 0 Å². The molecule has 0 aromatic heterocycles. The summed E-state index contributed by atoms with van der Waals surface area (Å²) in [5.74, 6) is -1.47. The van der Waals surface area contributed by atoms with Crippen molar-refractivity contribution >= 4 is 27.4 Å². The van der Waals surface area contributed by atoms with Crippen LogP contribution in [0.25, 0.3) is 0 Å². The number of nitrogens with zero attached hydrogens (tertiary/aromatic N) is 2. The van der Waals surface area contributed by atoms with Crippen LogP contribution in [0.5, 0.6) is 0 Å². The molecule has 140 valence electrons. The molecule has 0 saturated carbocycles. The quantitative estimate of drug-likeness (QED) is 0.501. The van der Waals surface area contributed by atoms with Crippen molar-refractivity contribution in [2.45, 2.75) is 38.6 Å². The van der Waals surface area contributed by atoms with Crippen LogP contribution in [0.1, 0.15) is 27.7 Å². The third-order valence-corrected chi connectivity index (χ3v) is 5.80. The van der Waals surface area contributed by atoms with Crippen molar-refractivity contribution in [3.05, 3.63) is 28.3 Å². The Kier molecular flexibility index (Phi) is 6.88. The van der Waals surface area contributed by atoms with Gasteiger partial charge in [0.1, 0.15) is 11.7 Å². The van der Waals surface area contributed by atoms with Gasteiger partial charge in [-0.3, -0.25) is 10.1 Å². The molecule has 1 aromatic carbocycles. The second-order valence-corrected chi connectivity index (χ2v) is 7.67. The van der Waals surface area contributed by atoms with Crippen molar-refractivity contribution in [1.29, 1.82) is 0 Å². The summed E-state index contributed by atoms with van der Waals surface area (Å²) >= 11 is 0. The highest BCUT2D eigenvalue weighted by Crippen LogP contribution is 2.30. The van der Waals surface area contributed by atoms with Crippen LogP contribution in [0, 0.1) is 16.0 Å². The van der Waals surface area contributed by atoms with E-state index in [1.807, 2.05) is 0 Å². The van der Waals surface area contributed by atoms with Gasteiger partial charge in [-0.2, -0.15) is 4.31 Å². The van der Waals surface area contributed by atoms with E-state index in [4.69, 9.17) is 0 Å². The molecule has 1 rings (SSSR count). The predicted octanol–water partition coefficient (Wildman–Crippen LogP) is 2.15. The summed E-state index contributed by atoms with van der Waals surface area (Å²) in [6.45, 7) is 7.15. The maximum atomic E-state index is 12.5. The van der Waals surface area contributed by atoms with Gasteiger partial charge in [-0.15, -0.1) is 0 Å². The smallest absolute Gasteiger partial charge is 0.326 e. The fourth-order valence-corrected chi connectivity index (χ4v) is 3.82. The average molecular weight is 373 g/mol. The zero-order valence-corrected chi connectivity index (χ0v) is 15.4. The molecule has 0 fully saturated rings. The zero-order valence-electron chi connectivity index (χ0n) is 14.6. The Morgan fingerprint density at radius 2 is 1.88 bits per heavy atom. The second kappa shape index (κ2) is 8.26.